The number of likely N-dealkylation sites (tertiary alicyclic amines) is 1. The fourth-order valence-electron chi connectivity index (χ4n) is 3.82. The van der Waals surface area contributed by atoms with E-state index in [2.05, 4.69) is 16.0 Å². The number of aromatic nitrogens is 1. The number of fused-ring (bicyclic) bond motifs is 1. The molecule has 1 aromatic heterocycles. The molecule has 4 rings (SSSR count). The summed E-state index contributed by atoms with van der Waals surface area (Å²) < 4.78 is 0. The maximum Gasteiger partial charge on any atom is 0.312 e. The van der Waals surface area contributed by atoms with Crippen LogP contribution in [0.4, 0.5) is 5.69 Å². The lowest BCUT2D eigenvalue weighted by atomic mass is 10.1. The zero-order valence-electron chi connectivity index (χ0n) is 15.1. The highest BCUT2D eigenvalue weighted by atomic mass is 16.2. The average molecular weight is 363 g/mol. The maximum atomic E-state index is 12.5. The Kier molecular flexibility index (Phi) is 4.63. The molecule has 0 N–H and O–H groups in total. The summed E-state index contributed by atoms with van der Waals surface area (Å²) in [5.41, 5.74) is 2.12. The maximum absolute atomic E-state index is 12.5. The second-order valence-corrected chi connectivity index (χ2v) is 6.93. The molecule has 0 unspecified atom stereocenters. The van der Waals surface area contributed by atoms with E-state index in [1.807, 2.05) is 24.3 Å². The van der Waals surface area contributed by atoms with E-state index in [0.29, 0.717) is 45.0 Å². The van der Waals surface area contributed by atoms with Crippen molar-refractivity contribution in [1.29, 1.82) is 5.26 Å². The van der Waals surface area contributed by atoms with Gasteiger partial charge < -0.3 is 14.7 Å². The molecule has 138 valence electrons. The van der Waals surface area contributed by atoms with Gasteiger partial charge in [0.1, 0.15) is 11.8 Å². The molecule has 0 atom stereocenters. The molecule has 27 heavy (non-hydrogen) atoms. The summed E-state index contributed by atoms with van der Waals surface area (Å²) in [6, 6.07) is 11.7. The van der Waals surface area contributed by atoms with Crippen LogP contribution in [-0.4, -0.2) is 65.9 Å². The van der Waals surface area contributed by atoms with Crippen LogP contribution >= 0.6 is 0 Å². The number of anilines is 1. The molecular formula is C20H21N5O2. The van der Waals surface area contributed by atoms with E-state index >= 15 is 0 Å². The number of nitriles is 1. The van der Waals surface area contributed by atoms with Crippen molar-refractivity contribution in [2.45, 2.75) is 12.8 Å². The summed E-state index contributed by atoms with van der Waals surface area (Å²) in [6.45, 7) is 3.61. The lowest BCUT2D eigenvalue weighted by Gasteiger charge is -2.36. The van der Waals surface area contributed by atoms with Crippen molar-refractivity contribution in [3.05, 3.63) is 36.0 Å². The molecule has 2 aliphatic heterocycles. The standard InChI is InChI=1S/C20H21N5O2/c21-14-15-13-18(16-5-1-2-6-17(16)22-15)23-9-11-25(12-10-23)20(27)19(26)24-7-3-4-8-24/h1-2,5-6,13H,3-4,7-12H2. The first kappa shape index (κ1) is 17.3. The zero-order chi connectivity index (χ0) is 18.8. The predicted molar refractivity (Wildman–Crippen MR) is 101 cm³/mol. The van der Waals surface area contributed by atoms with E-state index in [9.17, 15) is 14.9 Å². The highest BCUT2D eigenvalue weighted by Gasteiger charge is 2.31. The number of para-hydroxylation sites is 1. The summed E-state index contributed by atoms with van der Waals surface area (Å²) in [5.74, 6) is -0.768. The average Bonchev–Trinajstić information content (AvgIpc) is 3.27. The number of carbonyl (C=O) groups is 2. The minimum atomic E-state index is -0.395. The topological polar surface area (TPSA) is 80.5 Å². The molecule has 0 aliphatic carbocycles. The lowest BCUT2D eigenvalue weighted by Crippen LogP contribution is -2.53. The normalized spacial score (nSPS) is 17.2. The molecule has 2 saturated heterocycles. The Bertz CT molecular complexity index is 922. The number of hydrogen-bond acceptors (Lipinski definition) is 5. The van der Waals surface area contributed by atoms with Gasteiger partial charge in [0.2, 0.25) is 0 Å². The quantitative estimate of drug-likeness (QED) is 0.715. The number of piperazine rings is 1. The second kappa shape index (κ2) is 7.23. The summed E-state index contributed by atoms with van der Waals surface area (Å²) >= 11 is 0. The number of amides is 2. The summed E-state index contributed by atoms with van der Waals surface area (Å²) in [4.78, 5) is 34.7. The largest absolute Gasteiger partial charge is 0.367 e. The molecule has 7 nitrogen and oxygen atoms in total. The molecule has 3 heterocycles. The van der Waals surface area contributed by atoms with Crippen molar-refractivity contribution in [2.24, 2.45) is 0 Å². The molecule has 0 radical (unpaired) electrons. The Labute approximate surface area is 157 Å². The third kappa shape index (κ3) is 3.31. The lowest BCUT2D eigenvalue weighted by molar-refractivity contribution is -0.151. The van der Waals surface area contributed by atoms with Crippen molar-refractivity contribution in [3.63, 3.8) is 0 Å². The number of pyridine rings is 1. The van der Waals surface area contributed by atoms with Crippen LogP contribution < -0.4 is 4.90 Å². The highest BCUT2D eigenvalue weighted by Crippen LogP contribution is 2.27. The third-order valence-corrected chi connectivity index (χ3v) is 5.29. The van der Waals surface area contributed by atoms with E-state index in [0.717, 1.165) is 29.4 Å². The molecule has 0 saturated carbocycles. The Morgan fingerprint density at radius 2 is 1.56 bits per heavy atom. The van der Waals surface area contributed by atoms with E-state index in [1.165, 1.54) is 0 Å². The monoisotopic (exact) mass is 363 g/mol. The van der Waals surface area contributed by atoms with Crippen LogP contribution in [-0.2, 0) is 9.59 Å². The SMILES string of the molecule is N#Cc1cc(N2CCN(C(=O)C(=O)N3CCCC3)CC2)c2ccccc2n1. The molecule has 2 aliphatic rings. The molecule has 0 spiro atoms. The van der Waals surface area contributed by atoms with Crippen molar-refractivity contribution in [1.82, 2.24) is 14.8 Å². The van der Waals surface area contributed by atoms with Crippen LogP contribution in [0.1, 0.15) is 18.5 Å². The van der Waals surface area contributed by atoms with Crippen molar-refractivity contribution < 1.29 is 9.59 Å². The molecule has 2 aromatic rings. The molecule has 0 bridgehead atoms. The molecule has 7 heteroatoms. The van der Waals surface area contributed by atoms with Gasteiger partial charge in [0.25, 0.3) is 0 Å². The van der Waals surface area contributed by atoms with Gasteiger partial charge in [-0.3, -0.25) is 9.59 Å². The third-order valence-electron chi connectivity index (χ3n) is 5.29. The minimum absolute atomic E-state index is 0.373. The van der Waals surface area contributed by atoms with Gasteiger partial charge in [0.05, 0.1) is 5.52 Å². The van der Waals surface area contributed by atoms with Crippen molar-refractivity contribution in [2.75, 3.05) is 44.2 Å². The molecule has 2 fully saturated rings. The molecular weight excluding hydrogens is 342 g/mol. The first-order valence-electron chi connectivity index (χ1n) is 9.30. The smallest absolute Gasteiger partial charge is 0.312 e. The van der Waals surface area contributed by atoms with E-state index < -0.39 is 5.91 Å². The fourth-order valence-corrected chi connectivity index (χ4v) is 3.82. The summed E-state index contributed by atoms with van der Waals surface area (Å²) in [7, 11) is 0. The van der Waals surface area contributed by atoms with E-state index in [4.69, 9.17) is 0 Å². The Morgan fingerprint density at radius 3 is 2.22 bits per heavy atom. The molecule has 2 amide bonds. The van der Waals surface area contributed by atoms with Crippen LogP contribution in [0.3, 0.4) is 0 Å². The van der Waals surface area contributed by atoms with Gasteiger partial charge in [0, 0.05) is 50.3 Å². The number of benzene rings is 1. The molecule has 1 aromatic carbocycles. The number of rotatable bonds is 1. The Hall–Kier alpha value is -3.14. The van der Waals surface area contributed by atoms with Crippen molar-refractivity contribution >= 4 is 28.4 Å². The van der Waals surface area contributed by atoms with Gasteiger partial charge in [-0.05, 0) is 25.0 Å². The first-order chi connectivity index (χ1) is 13.2. The Morgan fingerprint density at radius 1 is 0.926 bits per heavy atom. The zero-order valence-corrected chi connectivity index (χ0v) is 15.1. The van der Waals surface area contributed by atoms with Crippen LogP contribution in [0.2, 0.25) is 0 Å². The van der Waals surface area contributed by atoms with E-state index in [-0.39, 0.29) is 5.91 Å². The second-order valence-electron chi connectivity index (χ2n) is 6.93. The van der Waals surface area contributed by atoms with Gasteiger partial charge in [-0.25, -0.2) is 4.98 Å². The number of hydrogen-bond donors (Lipinski definition) is 0. The van der Waals surface area contributed by atoms with Crippen LogP contribution in [0, 0.1) is 11.3 Å². The van der Waals surface area contributed by atoms with Gasteiger partial charge >= 0.3 is 11.8 Å². The minimum Gasteiger partial charge on any atom is -0.367 e. The summed E-state index contributed by atoms with van der Waals surface area (Å²) in [6.07, 6.45) is 1.95. The van der Waals surface area contributed by atoms with Crippen LogP contribution in [0.25, 0.3) is 10.9 Å². The Balaban J connectivity index is 1.50. The predicted octanol–water partition coefficient (Wildman–Crippen LogP) is 1.38. The van der Waals surface area contributed by atoms with Gasteiger partial charge in [-0.1, -0.05) is 18.2 Å². The van der Waals surface area contributed by atoms with Gasteiger partial charge in [-0.15, -0.1) is 0 Å². The summed E-state index contributed by atoms with van der Waals surface area (Å²) in [5, 5.41) is 10.3. The van der Waals surface area contributed by atoms with Crippen molar-refractivity contribution in [3.8, 4) is 6.07 Å². The van der Waals surface area contributed by atoms with Crippen LogP contribution in [0.15, 0.2) is 30.3 Å². The number of nitrogens with zero attached hydrogens (tertiary/aromatic N) is 5. The van der Waals surface area contributed by atoms with Gasteiger partial charge in [0.15, 0.2) is 0 Å². The number of carbonyl (C=O) groups excluding carboxylic acids is 2. The van der Waals surface area contributed by atoms with Gasteiger partial charge in [-0.2, -0.15) is 5.26 Å². The van der Waals surface area contributed by atoms with E-state index in [1.54, 1.807) is 15.9 Å². The first-order valence-corrected chi connectivity index (χ1v) is 9.30. The van der Waals surface area contributed by atoms with Crippen LogP contribution in [0.5, 0.6) is 0 Å². The highest BCUT2D eigenvalue weighted by molar-refractivity contribution is 6.35. The fraction of sp³-hybridized carbons (Fsp3) is 0.400.